The van der Waals surface area contributed by atoms with E-state index in [1.165, 1.54) is 18.5 Å². The Hall–Kier alpha value is -2.47. The zero-order chi connectivity index (χ0) is 13.4. The van der Waals surface area contributed by atoms with Crippen molar-refractivity contribution in [2.24, 2.45) is 0 Å². The minimum absolute atomic E-state index is 0.0534. The van der Waals surface area contributed by atoms with Crippen molar-refractivity contribution in [3.05, 3.63) is 51.9 Å². The van der Waals surface area contributed by atoms with E-state index in [9.17, 15) is 10.1 Å². The molecule has 0 atom stereocenters. The van der Waals surface area contributed by atoms with E-state index in [-0.39, 0.29) is 5.69 Å². The van der Waals surface area contributed by atoms with Crippen LogP contribution < -0.4 is 0 Å². The van der Waals surface area contributed by atoms with Gasteiger partial charge < -0.3 is 4.98 Å². The fourth-order valence-electron chi connectivity index (χ4n) is 1.83. The topological polar surface area (TPSA) is 84.7 Å². The largest absolute Gasteiger partial charge is 0.339 e. The third kappa shape index (κ3) is 2.02. The molecule has 0 radical (unpaired) electrons. The second-order valence-corrected chi connectivity index (χ2v) is 4.27. The maximum Gasteiger partial charge on any atom is 0.269 e. The molecular formula is C12H7ClN4O2. The third-order valence-corrected chi connectivity index (χ3v) is 3.07. The number of nitrogens with zero attached hydrogens (tertiary/aromatic N) is 3. The number of H-pyrrole nitrogens is 1. The standard InChI is InChI=1S/C12H7ClN4O2/c13-11-9-5-10(16-12(9)15-6-14-11)7-1-3-8(4-2-7)17(18)19/h1-6H,(H,14,15,16). The molecule has 2 heterocycles. The summed E-state index contributed by atoms with van der Waals surface area (Å²) < 4.78 is 0. The number of hydrogen-bond donors (Lipinski definition) is 1. The quantitative estimate of drug-likeness (QED) is 0.442. The minimum Gasteiger partial charge on any atom is -0.339 e. The van der Waals surface area contributed by atoms with E-state index >= 15 is 0 Å². The number of non-ortho nitro benzene ring substituents is 1. The van der Waals surface area contributed by atoms with Gasteiger partial charge in [-0.2, -0.15) is 0 Å². The van der Waals surface area contributed by atoms with Crippen LogP contribution in [-0.4, -0.2) is 19.9 Å². The average Bonchev–Trinajstić information content (AvgIpc) is 2.84. The van der Waals surface area contributed by atoms with Gasteiger partial charge in [0.2, 0.25) is 0 Å². The van der Waals surface area contributed by atoms with Crippen molar-refractivity contribution in [2.45, 2.75) is 0 Å². The van der Waals surface area contributed by atoms with Crippen LogP contribution in [0.5, 0.6) is 0 Å². The molecule has 94 valence electrons. The van der Waals surface area contributed by atoms with Gasteiger partial charge in [0.25, 0.3) is 5.69 Å². The molecular weight excluding hydrogens is 268 g/mol. The highest BCUT2D eigenvalue weighted by Crippen LogP contribution is 2.27. The first-order chi connectivity index (χ1) is 9.15. The number of fused-ring (bicyclic) bond motifs is 1. The molecule has 0 fully saturated rings. The monoisotopic (exact) mass is 274 g/mol. The van der Waals surface area contributed by atoms with Crippen LogP contribution in [0.3, 0.4) is 0 Å². The molecule has 2 aromatic heterocycles. The van der Waals surface area contributed by atoms with Crippen molar-refractivity contribution in [1.29, 1.82) is 0 Å². The highest BCUT2D eigenvalue weighted by molar-refractivity contribution is 6.34. The summed E-state index contributed by atoms with van der Waals surface area (Å²) in [6, 6.07) is 8.06. The maximum absolute atomic E-state index is 10.6. The van der Waals surface area contributed by atoms with E-state index in [0.717, 1.165) is 16.6 Å². The highest BCUT2D eigenvalue weighted by atomic mass is 35.5. The fourth-order valence-corrected chi connectivity index (χ4v) is 2.02. The normalized spacial score (nSPS) is 10.8. The molecule has 7 heteroatoms. The van der Waals surface area contributed by atoms with Crippen LogP contribution >= 0.6 is 11.6 Å². The Balaban J connectivity index is 2.09. The molecule has 0 unspecified atom stereocenters. The first-order valence-corrected chi connectivity index (χ1v) is 5.77. The molecule has 3 rings (SSSR count). The lowest BCUT2D eigenvalue weighted by molar-refractivity contribution is -0.384. The van der Waals surface area contributed by atoms with Crippen molar-refractivity contribution >= 4 is 28.3 Å². The Morgan fingerprint density at radius 2 is 1.95 bits per heavy atom. The van der Waals surface area contributed by atoms with Crippen LogP contribution in [0.15, 0.2) is 36.7 Å². The molecule has 0 aliphatic carbocycles. The van der Waals surface area contributed by atoms with E-state index in [0.29, 0.717) is 10.8 Å². The zero-order valence-corrected chi connectivity index (χ0v) is 10.3. The zero-order valence-electron chi connectivity index (χ0n) is 9.50. The van der Waals surface area contributed by atoms with Gasteiger partial charge in [-0.25, -0.2) is 9.97 Å². The third-order valence-electron chi connectivity index (χ3n) is 2.77. The van der Waals surface area contributed by atoms with Crippen LogP contribution in [0, 0.1) is 10.1 Å². The molecule has 0 amide bonds. The Morgan fingerprint density at radius 1 is 1.21 bits per heavy atom. The molecule has 0 aliphatic rings. The summed E-state index contributed by atoms with van der Waals surface area (Å²) >= 11 is 5.96. The number of rotatable bonds is 2. The van der Waals surface area contributed by atoms with E-state index in [1.54, 1.807) is 12.1 Å². The first kappa shape index (κ1) is 11.6. The molecule has 3 aromatic rings. The number of aromatic amines is 1. The molecule has 1 N–H and O–H groups in total. The van der Waals surface area contributed by atoms with Crippen LogP contribution in [-0.2, 0) is 0 Å². The molecule has 0 bridgehead atoms. The molecule has 0 saturated carbocycles. The lowest BCUT2D eigenvalue weighted by atomic mass is 10.1. The summed E-state index contributed by atoms with van der Waals surface area (Å²) in [6.45, 7) is 0. The van der Waals surface area contributed by atoms with E-state index < -0.39 is 4.92 Å². The van der Waals surface area contributed by atoms with Crippen LogP contribution in [0.2, 0.25) is 5.15 Å². The smallest absolute Gasteiger partial charge is 0.269 e. The first-order valence-electron chi connectivity index (χ1n) is 5.39. The SMILES string of the molecule is O=[N+]([O-])c1ccc(-c2cc3c(Cl)ncnc3[nH]2)cc1. The lowest BCUT2D eigenvalue weighted by Gasteiger charge is -1.96. The number of halogens is 1. The maximum atomic E-state index is 10.6. The summed E-state index contributed by atoms with van der Waals surface area (Å²) in [5.74, 6) is 0. The van der Waals surface area contributed by atoms with Gasteiger partial charge in [-0.15, -0.1) is 0 Å². The van der Waals surface area contributed by atoms with Crippen molar-refractivity contribution in [3.8, 4) is 11.3 Å². The molecule has 0 aliphatic heterocycles. The van der Waals surface area contributed by atoms with E-state index in [1.807, 2.05) is 6.07 Å². The summed E-state index contributed by atoms with van der Waals surface area (Å²) in [4.78, 5) is 21.2. The van der Waals surface area contributed by atoms with Gasteiger partial charge in [0, 0.05) is 17.8 Å². The molecule has 1 aromatic carbocycles. The Labute approximate surface area is 112 Å². The predicted octanol–water partition coefficient (Wildman–Crippen LogP) is 3.19. The minimum atomic E-state index is -0.433. The summed E-state index contributed by atoms with van der Waals surface area (Å²) in [6.07, 6.45) is 1.38. The number of hydrogen-bond acceptors (Lipinski definition) is 4. The highest BCUT2D eigenvalue weighted by Gasteiger charge is 2.09. The number of aromatic nitrogens is 3. The van der Waals surface area contributed by atoms with Gasteiger partial charge in [0.05, 0.1) is 10.3 Å². The van der Waals surface area contributed by atoms with Gasteiger partial charge in [-0.3, -0.25) is 10.1 Å². The van der Waals surface area contributed by atoms with Crippen molar-refractivity contribution in [1.82, 2.24) is 15.0 Å². The number of nitro benzene ring substituents is 1. The molecule has 0 saturated heterocycles. The van der Waals surface area contributed by atoms with Crippen LogP contribution in [0.1, 0.15) is 0 Å². The summed E-state index contributed by atoms with van der Waals surface area (Å²) in [5.41, 5.74) is 2.29. The van der Waals surface area contributed by atoms with Gasteiger partial charge in [-0.1, -0.05) is 11.6 Å². The van der Waals surface area contributed by atoms with Crippen molar-refractivity contribution in [3.63, 3.8) is 0 Å². The lowest BCUT2D eigenvalue weighted by Crippen LogP contribution is -1.87. The van der Waals surface area contributed by atoms with Gasteiger partial charge in [0.15, 0.2) is 0 Å². The van der Waals surface area contributed by atoms with Gasteiger partial charge in [0.1, 0.15) is 17.1 Å². The second-order valence-electron chi connectivity index (χ2n) is 3.91. The van der Waals surface area contributed by atoms with Gasteiger partial charge >= 0.3 is 0 Å². The fraction of sp³-hybridized carbons (Fsp3) is 0. The molecule has 19 heavy (non-hydrogen) atoms. The van der Waals surface area contributed by atoms with E-state index in [4.69, 9.17) is 11.6 Å². The number of nitro groups is 1. The predicted molar refractivity (Wildman–Crippen MR) is 71.0 cm³/mol. The van der Waals surface area contributed by atoms with Gasteiger partial charge in [-0.05, 0) is 23.8 Å². The summed E-state index contributed by atoms with van der Waals surface area (Å²) in [5, 5.41) is 11.7. The van der Waals surface area contributed by atoms with Crippen molar-refractivity contribution < 1.29 is 4.92 Å². The molecule has 6 nitrogen and oxygen atoms in total. The van der Waals surface area contributed by atoms with Crippen molar-refractivity contribution in [2.75, 3.05) is 0 Å². The average molecular weight is 275 g/mol. The number of nitrogens with one attached hydrogen (secondary N) is 1. The van der Waals surface area contributed by atoms with Crippen LogP contribution in [0.25, 0.3) is 22.3 Å². The molecule has 0 spiro atoms. The van der Waals surface area contributed by atoms with Crippen LogP contribution in [0.4, 0.5) is 5.69 Å². The Bertz CT molecular complexity index is 767. The Kier molecular flexibility index (Phi) is 2.64. The second kappa shape index (κ2) is 4.33. The summed E-state index contributed by atoms with van der Waals surface area (Å²) in [7, 11) is 0. The Morgan fingerprint density at radius 3 is 2.58 bits per heavy atom. The van der Waals surface area contributed by atoms with E-state index in [2.05, 4.69) is 15.0 Å². The number of benzene rings is 1.